The summed E-state index contributed by atoms with van der Waals surface area (Å²) in [7, 11) is 1.74. The molecule has 0 spiro atoms. The van der Waals surface area contributed by atoms with Crippen molar-refractivity contribution in [1.82, 2.24) is 10.6 Å². The van der Waals surface area contributed by atoms with Crippen LogP contribution in [0.4, 0.5) is 5.69 Å². The largest absolute Gasteiger partial charge is 0.454 e. The van der Waals surface area contributed by atoms with Crippen LogP contribution >= 0.6 is 24.0 Å². The van der Waals surface area contributed by atoms with E-state index in [0.29, 0.717) is 24.3 Å². The van der Waals surface area contributed by atoms with E-state index in [-0.39, 0.29) is 29.7 Å². The van der Waals surface area contributed by atoms with Crippen molar-refractivity contribution in [3.05, 3.63) is 53.5 Å². The fraction of sp³-hybridized carbons (Fsp3) is 0.368. The Hall–Kier alpha value is -2.23. The summed E-state index contributed by atoms with van der Waals surface area (Å²) in [5, 5.41) is 6.64. The number of aryl methyl sites for hydroxylation is 1. The molecular formula is C19H26IN5O2. The van der Waals surface area contributed by atoms with Crippen molar-refractivity contribution in [2.75, 3.05) is 25.0 Å². The Morgan fingerprint density at radius 2 is 2.04 bits per heavy atom. The first-order chi connectivity index (χ1) is 12.5. The number of carbonyl (C=O) groups is 1. The monoisotopic (exact) mass is 483 g/mol. The number of hydrogen-bond donors (Lipinski definition) is 3. The van der Waals surface area contributed by atoms with E-state index in [1.807, 2.05) is 0 Å². The molecule has 0 radical (unpaired) electrons. The third-order valence-electron chi connectivity index (χ3n) is 4.49. The van der Waals surface area contributed by atoms with Gasteiger partial charge in [-0.1, -0.05) is 17.7 Å². The Labute approximate surface area is 176 Å². The lowest BCUT2D eigenvalue weighted by molar-refractivity contribution is 0.0972. The number of nitrogens with zero attached hydrogens (tertiary/aromatic N) is 2. The van der Waals surface area contributed by atoms with Crippen molar-refractivity contribution in [1.29, 1.82) is 0 Å². The second kappa shape index (κ2) is 9.63. The summed E-state index contributed by atoms with van der Waals surface area (Å²) in [5.74, 6) is 0.933. The number of furan rings is 1. The minimum Gasteiger partial charge on any atom is -0.454 e. The number of anilines is 1. The molecule has 146 valence electrons. The van der Waals surface area contributed by atoms with Gasteiger partial charge in [-0.15, -0.1) is 24.0 Å². The standard InChI is InChI=1S/C19H25N5O2.HI/c1-13-3-5-15(6-4-13)24-10-9-14(12-24)23-19(21-2)22-11-16-7-8-17(26-16)18(20)25;/h3-8,14H,9-12H2,1-2H3,(H2,20,25)(H2,21,22,23);1H. The molecule has 1 unspecified atom stereocenters. The molecule has 1 aromatic heterocycles. The zero-order valence-corrected chi connectivity index (χ0v) is 17.9. The Bertz CT molecular complexity index is 788. The van der Waals surface area contributed by atoms with Gasteiger partial charge in [-0.3, -0.25) is 9.79 Å². The van der Waals surface area contributed by atoms with Crippen LogP contribution in [0.1, 0.15) is 28.3 Å². The second-order valence-electron chi connectivity index (χ2n) is 6.47. The summed E-state index contributed by atoms with van der Waals surface area (Å²) in [4.78, 5) is 17.7. The minimum absolute atomic E-state index is 0. The van der Waals surface area contributed by atoms with Gasteiger partial charge in [0, 0.05) is 31.9 Å². The number of benzene rings is 1. The summed E-state index contributed by atoms with van der Waals surface area (Å²) >= 11 is 0. The Kier molecular flexibility index (Phi) is 7.52. The predicted octanol–water partition coefficient (Wildman–Crippen LogP) is 2.25. The number of guanidine groups is 1. The number of hydrogen-bond acceptors (Lipinski definition) is 4. The third-order valence-corrected chi connectivity index (χ3v) is 4.49. The number of rotatable bonds is 5. The van der Waals surface area contributed by atoms with Gasteiger partial charge in [0.05, 0.1) is 6.54 Å². The lowest BCUT2D eigenvalue weighted by Gasteiger charge is -2.20. The number of aliphatic imine (C=N–C) groups is 1. The zero-order chi connectivity index (χ0) is 18.5. The highest BCUT2D eigenvalue weighted by Gasteiger charge is 2.23. The highest BCUT2D eigenvalue weighted by molar-refractivity contribution is 14.0. The van der Waals surface area contributed by atoms with E-state index in [0.717, 1.165) is 19.5 Å². The number of amides is 1. The van der Waals surface area contributed by atoms with Crippen molar-refractivity contribution in [3.8, 4) is 0 Å². The van der Waals surface area contributed by atoms with E-state index in [1.54, 1.807) is 19.2 Å². The van der Waals surface area contributed by atoms with Gasteiger partial charge in [-0.25, -0.2) is 0 Å². The van der Waals surface area contributed by atoms with E-state index in [9.17, 15) is 4.79 Å². The molecule has 4 N–H and O–H groups in total. The number of halogens is 1. The van der Waals surface area contributed by atoms with Crippen LogP contribution in [-0.2, 0) is 6.54 Å². The van der Waals surface area contributed by atoms with Crippen LogP contribution in [0, 0.1) is 6.92 Å². The van der Waals surface area contributed by atoms with Crippen LogP contribution in [0.5, 0.6) is 0 Å². The molecule has 2 aromatic rings. The van der Waals surface area contributed by atoms with Gasteiger partial charge < -0.3 is 25.7 Å². The average molecular weight is 483 g/mol. The predicted molar refractivity (Wildman–Crippen MR) is 118 cm³/mol. The van der Waals surface area contributed by atoms with Crippen molar-refractivity contribution in [3.63, 3.8) is 0 Å². The molecule has 0 aliphatic carbocycles. The first-order valence-electron chi connectivity index (χ1n) is 8.72. The normalized spacial score (nSPS) is 16.7. The van der Waals surface area contributed by atoms with E-state index in [1.165, 1.54) is 11.3 Å². The molecule has 1 amide bonds. The van der Waals surface area contributed by atoms with Crippen LogP contribution in [0.15, 0.2) is 45.8 Å². The SMILES string of the molecule is CN=C(NCc1ccc(C(N)=O)o1)NC1CCN(c2ccc(C)cc2)C1.I. The van der Waals surface area contributed by atoms with E-state index < -0.39 is 5.91 Å². The lowest BCUT2D eigenvalue weighted by atomic mass is 10.2. The topological polar surface area (TPSA) is 95.9 Å². The maximum absolute atomic E-state index is 11.1. The van der Waals surface area contributed by atoms with Gasteiger partial charge in [0.1, 0.15) is 5.76 Å². The fourth-order valence-corrected chi connectivity index (χ4v) is 3.03. The molecule has 1 saturated heterocycles. The first kappa shape index (κ1) is 21.1. The zero-order valence-electron chi connectivity index (χ0n) is 15.6. The molecule has 1 aliphatic rings. The maximum atomic E-state index is 11.1. The first-order valence-corrected chi connectivity index (χ1v) is 8.72. The van der Waals surface area contributed by atoms with Gasteiger partial charge in [0.25, 0.3) is 5.91 Å². The second-order valence-corrected chi connectivity index (χ2v) is 6.47. The van der Waals surface area contributed by atoms with Crippen molar-refractivity contribution < 1.29 is 9.21 Å². The van der Waals surface area contributed by atoms with Gasteiger partial charge in [-0.05, 0) is 37.6 Å². The highest BCUT2D eigenvalue weighted by atomic mass is 127. The lowest BCUT2D eigenvalue weighted by Crippen LogP contribution is -2.44. The average Bonchev–Trinajstić information content (AvgIpc) is 3.29. The Morgan fingerprint density at radius 1 is 1.30 bits per heavy atom. The molecule has 1 fully saturated rings. The number of carbonyl (C=O) groups excluding carboxylic acids is 1. The fourth-order valence-electron chi connectivity index (χ4n) is 3.03. The molecule has 0 saturated carbocycles. The maximum Gasteiger partial charge on any atom is 0.284 e. The molecule has 27 heavy (non-hydrogen) atoms. The minimum atomic E-state index is -0.569. The molecule has 1 aliphatic heterocycles. The van der Waals surface area contributed by atoms with Crippen LogP contribution in [0.3, 0.4) is 0 Å². The van der Waals surface area contributed by atoms with Crippen LogP contribution in [-0.4, -0.2) is 38.0 Å². The van der Waals surface area contributed by atoms with Crippen molar-refractivity contribution in [2.45, 2.75) is 25.9 Å². The molecule has 3 rings (SSSR count). The highest BCUT2D eigenvalue weighted by Crippen LogP contribution is 2.20. The van der Waals surface area contributed by atoms with E-state index >= 15 is 0 Å². The van der Waals surface area contributed by atoms with Gasteiger partial charge >= 0.3 is 0 Å². The molecule has 1 aromatic carbocycles. The Morgan fingerprint density at radius 3 is 2.67 bits per heavy atom. The summed E-state index contributed by atoms with van der Waals surface area (Å²) in [6, 6.07) is 12.2. The summed E-state index contributed by atoms with van der Waals surface area (Å²) in [5.41, 5.74) is 7.71. The Balaban J connectivity index is 0.00000261. The van der Waals surface area contributed by atoms with E-state index in [2.05, 4.69) is 51.7 Å². The molecule has 8 heteroatoms. The smallest absolute Gasteiger partial charge is 0.284 e. The third kappa shape index (κ3) is 5.62. The van der Waals surface area contributed by atoms with Crippen LogP contribution < -0.4 is 21.3 Å². The van der Waals surface area contributed by atoms with E-state index in [4.69, 9.17) is 10.2 Å². The molecule has 1 atom stereocenters. The summed E-state index contributed by atoms with van der Waals surface area (Å²) in [6.45, 7) is 4.47. The van der Waals surface area contributed by atoms with Crippen LogP contribution in [0.2, 0.25) is 0 Å². The van der Waals surface area contributed by atoms with Gasteiger partial charge in [-0.2, -0.15) is 0 Å². The molecule has 2 heterocycles. The number of nitrogens with one attached hydrogen (secondary N) is 2. The summed E-state index contributed by atoms with van der Waals surface area (Å²) in [6.07, 6.45) is 1.04. The molecular weight excluding hydrogens is 457 g/mol. The van der Waals surface area contributed by atoms with Crippen LogP contribution in [0.25, 0.3) is 0 Å². The quantitative estimate of drug-likeness (QED) is 0.345. The summed E-state index contributed by atoms with van der Waals surface area (Å²) < 4.78 is 5.37. The number of primary amides is 1. The number of nitrogens with two attached hydrogens (primary N) is 1. The van der Waals surface area contributed by atoms with Gasteiger partial charge in [0.2, 0.25) is 0 Å². The van der Waals surface area contributed by atoms with Crippen molar-refractivity contribution >= 4 is 41.5 Å². The van der Waals surface area contributed by atoms with Gasteiger partial charge in [0.15, 0.2) is 11.7 Å². The molecule has 0 bridgehead atoms. The molecule has 7 nitrogen and oxygen atoms in total. The van der Waals surface area contributed by atoms with Crippen molar-refractivity contribution in [2.24, 2.45) is 10.7 Å².